The van der Waals surface area contributed by atoms with Gasteiger partial charge in [-0.15, -0.1) is 0 Å². The molecule has 1 fully saturated rings. The molecule has 224 valence electrons. The van der Waals surface area contributed by atoms with E-state index in [2.05, 4.69) is 0 Å². The maximum atomic E-state index is 14.2. The molecule has 0 aromatic heterocycles. The van der Waals surface area contributed by atoms with Crippen molar-refractivity contribution in [1.82, 2.24) is 4.72 Å². The van der Waals surface area contributed by atoms with Crippen LogP contribution in [-0.4, -0.2) is 50.0 Å². The molecule has 0 unspecified atom stereocenters. The van der Waals surface area contributed by atoms with Crippen LogP contribution in [0.5, 0.6) is 11.5 Å². The van der Waals surface area contributed by atoms with E-state index in [1.807, 2.05) is 16.9 Å². The fourth-order valence-electron chi connectivity index (χ4n) is 5.14. The van der Waals surface area contributed by atoms with Gasteiger partial charge in [-0.25, -0.2) is 13.1 Å². The van der Waals surface area contributed by atoms with Gasteiger partial charge in [0.2, 0.25) is 16.8 Å². The number of aliphatic hydroxyl groups excluding tert-OH is 2. The van der Waals surface area contributed by atoms with E-state index in [1.54, 1.807) is 31.2 Å². The number of halogens is 3. The van der Waals surface area contributed by atoms with E-state index in [0.717, 1.165) is 17.7 Å². The van der Waals surface area contributed by atoms with Gasteiger partial charge in [0, 0.05) is 6.42 Å². The molecule has 3 aromatic rings. The number of hydrogen-bond donors (Lipinski definition) is 3. The Hall–Kier alpha value is -3.45. The van der Waals surface area contributed by atoms with Crippen LogP contribution in [0, 0.1) is 6.92 Å². The van der Waals surface area contributed by atoms with E-state index in [1.165, 1.54) is 13.0 Å². The van der Waals surface area contributed by atoms with Crippen molar-refractivity contribution in [1.29, 1.82) is 0 Å². The van der Waals surface area contributed by atoms with E-state index >= 15 is 0 Å². The van der Waals surface area contributed by atoms with Crippen LogP contribution in [0.25, 0.3) is 11.1 Å². The highest BCUT2D eigenvalue weighted by atomic mass is 32.2. The van der Waals surface area contributed by atoms with Crippen LogP contribution in [0.1, 0.15) is 42.0 Å². The van der Waals surface area contributed by atoms with Gasteiger partial charge >= 0.3 is 6.18 Å². The van der Waals surface area contributed by atoms with Crippen molar-refractivity contribution in [3.05, 3.63) is 76.9 Å². The monoisotopic (exact) mass is 605 g/mol. The van der Waals surface area contributed by atoms with Gasteiger partial charge in [-0.05, 0) is 78.8 Å². The zero-order valence-electron chi connectivity index (χ0n) is 22.9. The van der Waals surface area contributed by atoms with E-state index in [-0.39, 0.29) is 24.6 Å². The number of benzene rings is 3. The number of Topliss-reactive ketones (excluding diaryl/α,β-unsaturated/α-hetero) is 1. The standard InChI is InChI=1S/C30H30F3NO7S/c1-18-3-4-19(12-27(37)29(9-10-29)21-6-7-24-25(14-21)41-17-40-24)11-22(18)20-5-8-26(23(13-20)30(31,32)33)42(38,39)34-28(2,15-35)16-36/h3-8,11,13-14,34-36H,9-10,12,15-17H2,1-2H3. The summed E-state index contributed by atoms with van der Waals surface area (Å²) in [6.07, 6.45) is -3.62. The third kappa shape index (κ3) is 5.63. The first-order valence-corrected chi connectivity index (χ1v) is 14.7. The minimum atomic E-state index is -5.03. The summed E-state index contributed by atoms with van der Waals surface area (Å²) in [6.45, 7) is 1.34. The summed E-state index contributed by atoms with van der Waals surface area (Å²) in [5.74, 6) is 1.19. The molecule has 3 aromatic carbocycles. The number of fused-ring (bicyclic) bond motifs is 1. The summed E-state index contributed by atoms with van der Waals surface area (Å²) in [4.78, 5) is 12.5. The Morgan fingerprint density at radius 3 is 2.31 bits per heavy atom. The summed E-state index contributed by atoms with van der Waals surface area (Å²) >= 11 is 0. The van der Waals surface area contributed by atoms with E-state index < -0.39 is 50.8 Å². The Morgan fingerprint density at radius 2 is 1.67 bits per heavy atom. The van der Waals surface area contributed by atoms with Crippen LogP contribution in [0.15, 0.2) is 59.5 Å². The molecular weight excluding hydrogens is 575 g/mol. The third-order valence-corrected chi connectivity index (χ3v) is 9.54. The van der Waals surface area contributed by atoms with Gasteiger partial charge in [0.1, 0.15) is 5.78 Å². The smallest absolute Gasteiger partial charge is 0.417 e. The lowest BCUT2D eigenvalue weighted by atomic mass is 9.86. The van der Waals surface area contributed by atoms with Gasteiger partial charge in [0.25, 0.3) is 0 Å². The van der Waals surface area contributed by atoms with Crippen molar-refractivity contribution in [3.63, 3.8) is 0 Å². The van der Waals surface area contributed by atoms with Crippen molar-refractivity contribution in [3.8, 4) is 22.6 Å². The lowest BCUT2D eigenvalue weighted by Crippen LogP contribution is -2.51. The first-order chi connectivity index (χ1) is 19.7. The Morgan fingerprint density at radius 1 is 0.976 bits per heavy atom. The number of ether oxygens (including phenoxy) is 2. The summed E-state index contributed by atoms with van der Waals surface area (Å²) in [5.41, 5.74) is -1.19. The van der Waals surface area contributed by atoms with Gasteiger partial charge in [-0.3, -0.25) is 4.79 Å². The number of carbonyl (C=O) groups excluding carboxylic acids is 1. The first kappa shape index (κ1) is 30.0. The molecule has 1 aliphatic heterocycles. The van der Waals surface area contributed by atoms with Crippen molar-refractivity contribution >= 4 is 15.8 Å². The maximum absolute atomic E-state index is 14.2. The number of alkyl halides is 3. The minimum Gasteiger partial charge on any atom is -0.454 e. The fraction of sp³-hybridized carbons (Fsp3) is 0.367. The molecule has 12 heteroatoms. The normalized spacial score (nSPS) is 16.0. The maximum Gasteiger partial charge on any atom is 0.417 e. The number of aryl methyl sites for hydroxylation is 1. The van der Waals surface area contributed by atoms with Crippen LogP contribution in [0.3, 0.4) is 0 Å². The zero-order chi connectivity index (χ0) is 30.5. The van der Waals surface area contributed by atoms with Crippen LogP contribution < -0.4 is 14.2 Å². The molecular formula is C30H30F3NO7S. The average molecular weight is 606 g/mol. The molecule has 3 N–H and O–H groups in total. The van der Waals surface area contributed by atoms with Crippen LogP contribution in [0.4, 0.5) is 13.2 Å². The van der Waals surface area contributed by atoms with Crippen molar-refractivity contribution in [2.24, 2.45) is 0 Å². The Kier molecular flexibility index (Phi) is 7.63. The number of sulfonamides is 1. The van der Waals surface area contributed by atoms with Crippen molar-refractivity contribution in [2.45, 2.75) is 55.1 Å². The van der Waals surface area contributed by atoms with Crippen molar-refractivity contribution < 1.29 is 46.1 Å². The molecule has 2 aliphatic rings. The second kappa shape index (κ2) is 10.7. The van der Waals surface area contributed by atoms with Crippen LogP contribution in [0.2, 0.25) is 0 Å². The van der Waals surface area contributed by atoms with E-state index in [4.69, 9.17) is 9.47 Å². The zero-order valence-corrected chi connectivity index (χ0v) is 23.7. The molecule has 0 bridgehead atoms. The lowest BCUT2D eigenvalue weighted by Gasteiger charge is -2.26. The number of hydrogen-bond acceptors (Lipinski definition) is 7. The predicted octanol–water partition coefficient (Wildman–Crippen LogP) is 4.27. The Labute approximate surface area is 241 Å². The van der Waals surface area contributed by atoms with Crippen LogP contribution in [-0.2, 0) is 32.8 Å². The van der Waals surface area contributed by atoms with Crippen LogP contribution >= 0.6 is 0 Å². The van der Waals surface area contributed by atoms with Gasteiger partial charge in [-0.1, -0.05) is 30.3 Å². The first-order valence-electron chi connectivity index (χ1n) is 13.2. The molecule has 0 saturated heterocycles. The second-order valence-electron chi connectivity index (χ2n) is 11.1. The Bertz CT molecular complexity index is 1650. The fourth-order valence-corrected chi connectivity index (χ4v) is 6.74. The molecule has 1 saturated carbocycles. The number of carbonyl (C=O) groups is 1. The summed E-state index contributed by atoms with van der Waals surface area (Å²) in [5, 5.41) is 18.9. The highest BCUT2D eigenvalue weighted by molar-refractivity contribution is 7.89. The third-order valence-electron chi connectivity index (χ3n) is 7.84. The number of aliphatic hydroxyl groups is 2. The highest BCUT2D eigenvalue weighted by Crippen LogP contribution is 2.51. The highest BCUT2D eigenvalue weighted by Gasteiger charge is 2.51. The van der Waals surface area contributed by atoms with Gasteiger partial charge in [0.05, 0.1) is 34.6 Å². The molecule has 5 rings (SSSR count). The average Bonchev–Trinajstić information content (AvgIpc) is 3.63. The molecule has 1 heterocycles. The van der Waals surface area contributed by atoms with Gasteiger partial charge in [0.15, 0.2) is 11.5 Å². The molecule has 0 spiro atoms. The topological polar surface area (TPSA) is 122 Å². The quantitative estimate of drug-likeness (QED) is 0.316. The molecule has 0 atom stereocenters. The largest absolute Gasteiger partial charge is 0.454 e. The summed E-state index contributed by atoms with van der Waals surface area (Å²) < 4.78 is 81.1. The molecule has 0 radical (unpaired) electrons. The van der Waals surface area contributed by atoms with Gasteiger partial charge < -0.3 is 19.7 Å². The summed E-state index contributed by atoms with van der Waals surface area (Å²) in [7, 11) is -4.78. The number of rotatable bonds is 10. The molecule has 0 amide bonds. The predicted molar refractivity (Wildman–Crippen MR) is 147 cm³/mol. The minimum absolute atomic E-state index is 0.0181. The molecule has 42 heavy (non-hydrogen) atoms. The lowest BCUT2D eigenvalue weighted by molar-refractivity contribution is -0.139. The van der Waals surface area contributed by atoms with E-state index in [0.29, 0.717) is 41.0 Å². The number of ketones is 1. The van der Waals surface area contributed by atoms with Gasteiger partial charge in [-0.2, -0.15) is 13.2 Å². The Balaban J connectivity index is 1.46. The van der Waals surface area contributed by atoms with E-state index in [9.17, 15) is 36.6 Å². The number of nitrogens with one attached hydrogen (secondary N) is 1. The SMILES string of the molecule is Cc1ccc(CC(=O)C2(c3ccc4c(c3)OCO4)CC2)cc1-c1ccc(S(=O)(=O)NC(C)(CO)CO)c(C(F)(F)F)c1. The molecule has 8 nitrogen and oxygen atoms in total. The van der Waals surface area contributed by atoms with Crippen molar-refractivity contribution in [2.75, 3.05) is 20.0 Å². The second-order valence-corrected chi connectivity index (χ2v) is 12.7. The summed E-state index contributed by atoms with van der Waals surface area (Å²) in [6, 6.07) is 13.4. The molecule has 1 aliphatic carbocycles.